The molecular weight excluding hydrogens is 352 g/mol. The molecule has 146 valence electrons. The third-order valence-electron chi connectivity index (χ3n) is 3.93. The lowest BCUT2D eigenvalue weighted by Crippen LogP contribution is -2.38. The van der Waals surface area contributed by atoms with Gasteiger partial charge >= 0.3 is 0 Å². The van der Waals surface area contributed by atoms with E-state index in [-0.39, 0.29) is 12.5 Å². The minimum Gasteiger partial charge on any atom is -0.388 e. The van der Waals surface area contributed by atoms with Crippen molar-refractivity contribution in [1.29, 1.82) is 0 Å². The average Bonchev–Trinajstić information content (AvgIpc) is 2.72. The standard InChI is InChI=1S/C22H26N4O2/c1-3-17-9-8-12-19(15-17)26-21(28)16-25-22(23-4-2)24-14-13-20(27)18-10-6-5-7-11-18/h1,5-12,15,20,27H,4,13-14,16H2,2H3,(H,26,28)(H2,23,24,25). The normalized spacial score (nSPS) is 12.0. The quantitative estimate of drug-likeness (QED) is 0.323. The van der Waals surface area contributed by atoms with E-state index in [2.05, 4.69) is 26.9 Å². The third kappa shape index (κ3) is 7.14. The molecule has 0 spiro atoms. The van der Waals surface area contributed by atoms with Gasteiger partial charge in [-0.2, -0.15) is 0 Å². The van der Waals surface area contributed by atoms with Gasteiger partial charge in [-0.1, -0.05) is 42.3 Å². The second-order valence-electron chi connectivity index (χ2n) is 6.11. The Kier molecular flexibility index (Phi) is 8.57. The zero-order chi connectivity index (χ0) is 20.2. The fourth-order valence-electron chi connectivity index (χ4n) is 2.55. The molecule has 0 aliphatic carbocycles. The summed E-state index contributed by atoms with van der Waals surface area (Å²) in [7, 11) is 0. The molecule has 0 aromatic heterocycles. The van der Waals surface area contributed by atoms with Crippen LogP contribution in [0.1, 0.15) is 30.6 Å². The van der Waals surface area contributed by atoms with Gasteiger partial charge in [-0.05, 0) is 37.1 Å². The smallest absolute Gasteiger partial charge is 0.246 e. The molecule has 0 aliphatic heterocycles. The first-order valence-electron chi connectivity index (χ1n) is 9.24. The molecule has 0 saturated carbocycles. The molecule has 0 saturated heterocycles. The highest BCUT2D eigenvalue weighted by Gasteiger charge is 2.08. The summed E-state index contributed by atoms with van der Waals surface area (Å²) in [5, 5.41) is 19.2. The Labute approximate surface area is 166 Å². The van der Waals surface area contributed by atoms with E-state index in [0.29, 0.717) is 36.7 Å². The number of nitrogens with zero attached hydrogens (tertiary/aromatic N) is 1. The van der Waals surface area contributed by atoms with Crippen LogP contribution < -0.4 is 16.0 Å². The maximum atomic E-state index is 12.1. The van der Waals surface area contributed by atoms with Crippen molar-refractivity contribution in [2.75, 3.05) is 25.0 Å². The monoisotopic (exact) mass is 378 g/mol. The van der Waals surface area contributed by atoms with Crippen LogP contribution in [0.3, 0.4) is 0 Å². The number of aliphatic imine (C=N–C) groups is 1. The van der Waals surface area contributed by atoms with Crippen LogP contribution in [0.2, 0.25) is 0 Å². The summed E-state index contributed by atoms with van der Waals surface area (Å²) in [6, 6.07) is 16.6. The summed E-state index contributed by atoms with van der Waals surface area (Å²) in [5.41, 5.74) is 2.22. The molecule has 1 atom stereocenters. The lowest BCUT2D eigenvalue weighted by atomic mass is 10.1. The molecule has 28 heavy (non-hydrogen) atoms. The van der Waals surface area contributed by atoms with E-state index in [1.54, 1.807) is 24.3 Å². The number of aliphatic hydroxyl groups excluding tert-OH is 1. The van der Waals surface area contributed by atoms with E-state index in [4.69, 9.17) is 6.42 Å². The highest BCUT2D eigenvalue weighted by Crippen LogP contribution is 2.14. The Morgan fingerprint density at radius 2 is 1.96 bits per heavy atom. The predicted octanol–water partition coefficient (Wildman–Crippen LogP) is 2.29. The van der Waals surface area contributed by atoms with Crippen molar-refractivity contribution in [3.63, 3.8) is 0 Å². The van der Waals surface area contributed by atoms with Crippen LogP contribution in [0.5, 0.6) is 0 Å². The summed E-state index contributed by atoms with van der Waals surface area (Å²) in [4.78, 5) is 16.4. The zero-order valence-electron chi connectivity index (χ0n) is 16.0. The van der Waals surface area contributed by atoms with E-state index in [1.807, 2.05) is 37.3 Å². The largest absolute Gasteiger partial charge is 0.388 e. The van der Waals surface area contributed by atoms with Crippen molar-refractivity contribution < 1.29 is 9.90 Å². The molecule has 1 unspecified atom stereocenters. The summed E-state index contributed by atoms with van der Waals surface area (Å²) >= 11 is 0. The Balaban J connectivity index is 1.83. The molecule has 6 nitrogen and oxygen atoms in total. The molecule has 2 aromatic rings. The van der Waals surface area contributed by atoms with Gasteiger partial charge in [0.25, 0.3) is 0 Å². The van der Waals surface area contributed by atoms with Crippen molar-refractivity contribution >= 4 is 17.6 Å². The molecule has 6 heteroatoms. The number of terminal acetylenes is 1. The Bertz CT molecular complexity index is 828. The number of carbonyl (C=O) groups is 1. The number of anilines is 1. The molecule has 0 fully saturated rings. The van der Waals surface area contributed by atoms with Crippen LogP contribution in [0, 0.1) is 12.3 Å². The number of hydrogen-bond donors (Lipinski definition) is 4. The number of hydrogen-bond acceptors (Lipinski definition) is 3. The van der Waals surface area contributed by atoms with Crippen LogP contribution >= 0.6 is 0 Å². The van der Waals surface area contributed by atoms with Gasteiger partial charge in [-0.25, -0.2) is 4.99 Å². The number of nitrogens with one attached hydrogen (secondary N) is 3. The molecule has 0 aliphatic rings. The van der Waals surface area contributed by atoms with Gasteiger partial charge in [0.1, 0.15) is 6.54 Å². The molecule has 1 amide bonds. The maximum Gasteiger partial charge on any atom is 0.246 e. The van der Waals surface area contributed by atoms with Crippen LogP contribution in [0.25, 0.3) is 0 Å². The lowest BCUT2D eigenvalue weighted by molar-refractivity contribution is -0.114. The second-order valence-corrected chi connectivity index (χ2v) is 6.11. The molecule has 2 aromatic carbocycles. The highest BCUT2D eigenvalue weighted by molar-refractivity contribution is 5.94. The van der Waals surface area contributed by atoms with Crippen molar-refractivity contribution in [3.05, 3.63) is 65.7 Å². The van der Waals surface area contributed by atoms with Crippen molar-refractivity contribution in [2.24, 2.45) is 4.99 Å². The van der Waals surface area contributed by atoms with E-state index in [1.165, 1.54) is 0 Å². The number of carbonyl (C=O) groups excluding carboxylic acids is 1. The second kappa shape index (κ2) is 11.4. The van der Waals surface area contributed by atoms with E-state index in [0.717, 1.165) is 5.56 Å². The SMILES string of the molecule is C#Cc1cccc(NC(=O)CN=C(NCC)NCCC(O)c2ccccc2)c1. The number of benzene rings is 2. The molecular formula is C22H26N4O2. The van der Waals surface area contributed by atoms with Gasteiger partial charge in [0, 0.05) is 24.3 Å². The summed E-state index contributed by atoms with van der Waals surface area (Å²) in [6.07, 6.45) is 5.34. The van der Waals surface area contributed by atoms with Gasteiger partial charge in [-0.3, -0.25) is 4.79 Å². The number of rotatable bonds is 8. The van der Waals surface area contributed by atoms with Gasteiger partial charge < -0.3 is 21.1 Å². The van der Waals surface area contributed by atoms with Crippen LogP contribution in [-0.2, 0) is 4.79 Å². The fraction of sp³-hybridized carbons (Fsp3) is 0.273. The molecule has 0 bridgehead atoms. The number of aliphatic hydroxyl groups is 1. The van der Waals surface area contributed by atoms with E-state index >= 15 is 0 Å². The topological polar surface area (TPSA) is 85.8 Å². The van der Waals surface area contributed by atoms with Crippen LogP contribution in [-0.4, -0.2) is 36.6 Å². The minimum atomic E-state index is -0.552. The summed E-state index contributed by atoms with van der Waals surface area (Å²) in [6.45, 7) is 3.10. The first-order chi connectivity index (χ1) is 13.6. The zero-order valence-corrected chi connectivity index (χ0v) is 16.0. The fourth-order valence-corrected chi connectivity index (χ4v) is 2.55. The van der Waals surface area contributed by atoms with Crippen LogP contribution in [0.4, 0.5) is 5.69 Å². The Morgan fingerprint density at radius 1 is 1.18 bits per heavy atom. The summed E-state index contributed by atoms with van der Waals surface area (Å²) < 4.78 is 0. The third-order valence-corrected chi connectivity index (χ3v) is 3.93. The predicted molar refractivity (Wildman–Crippen MR) is 113 cm³/mol. The van der Waals surface area contributed by atoms with Crippen molar-refractivity contribution in [1.82, 2.24) is 10.6 Å². The van der Waals surface area contributed by atoms with Gasteiger partial charge in [0.2, 0.25) is 5.91 Å². The summed E-state index contributed by atoms with van der Waals surface area (Å²) in [5.74, 6) is 2.82. The molecule has 0 radical (unpaired) electrons. The molecule has 0 heterocycles. The Hall–Kier alpha value is -3.30. The Morgan fingerprint density at radius 3 is 2.68 bits per heavy atom. The van der Waals surface area contributed by atoms with Crippen LogP contribution in [0.15, 0.2) is 59.6 Å². The maximum absolute atomic E-state index is 12.1. The minimum absolute atomic E-state index is 0.0309. The lowest BCUT2D eigenvalue weighted by Gasteiger charge is -2.14. The van der Waals surface area contributed by atoms with Gasteiger partial charge in [0.15, 0.2) is 5.96 Å². The van der Waals surface area contributed by atoms with Gasteiger partial charge in [0.05, 0.1) is 6.10 Å². The first kappa shape index (κ1) is 21.0. The molecule has 4 N–H and O–H groups in total. The molecule has 2 rings (SSSR count). The van der Waals surface area contributed by atoms with E-state index in [9.17, 15) is 9.90 Å². The number of amides is 1. The highest BCUT2D eigenvalue weighted by atomic mass is 16.3. The number of guanidine groups is 1. The first-order valence-corrected chi connectivity index (χ1v) is 9.24. The van der Waals surface area contributed by atoms with E-state index < -0.39 is 6.10 Å². The van der Waals surface area contributed by atoms with Crippen molar-refractivity contribution in [3.8, 4) is 12.3 Å². The average molecular weight is 378 g/mol. The van der Waals surface area contributed by atoms with Crippen molar-refractivity contribution in [2.45, 2.75) is 19.4 Å². The van der Waals surface area contributed by atoms with Gasteiger partial charge in [-0.15, -0.1) is 6.42 Å².